The zero-order chi connectivity index (χ0) is 25.5. The summed E-state index contributed by atoms with van der Waals surface area (Å²) in [5, 5.41) is 0. The van der Waals surface area contributed by atoms with E-state index >= 15 is 0 Å². The van der Waals surface area contributed by atoms with E-state index in [-0.39, 0.29) is 23.1 Å². The molecular weight excluding hydrogens is 481 g/mol. The fourth-order valence-electron chi connectivity index (χ4n) is 3.52. The molecule has 0 fully saturated rings. The van der Waals surface area contributed by atoms with Gasteiger partial charge in [-0.3, -0.25) is 9.36 Å². The average molecular weight is 496 g/mol. The minimum atomic E-state index is -5.01. The van der Waals surface area contributed by atoms with Crippen LogP contribution in [0, 0.1) is 5.82 Å². The van der Waals surface area contributed by atoms with Gasteiger partial charge in [0.1, 0.15) is 11.3 Å². The van der Waals surface area contributed by atoms with Gasteiger partial charge in [-0.15, -0.1) is 0 Å². The number of nitrogens with zero attached hydrogens (tertiary/aromatic N) is 4. The number of benzene rings is 2. The molecule has 5 nitrogen and oxygen atoms in total. The Bertz CT molecular complexity index is 1360. The molecule has 0 atom stereocenters. The summed E-state index contributed by atoms with van der Waals surface area (Å²) in [5.41, 5.74) is -2.42. The maximum Gasteiger partial charge on any atom is 0.416 e. The van der Waals surface area contributed by atoms with Crippen LogP contribution >= 0.6 is 0 Å². The van der Waals surface area contributed by atoms with Gasteiger partial charge >= 0.3 is 12.4 Å². The van der Waals surface area contributed by atoms with Crippen LogP contribution in [0.1, 0.15) is 27.3 Å². The predicted octanol–water partition coefficient (Wildman–Crippen LogP) is 5.87. The molecule has 182 valence electrons. The lowest BCUT2D eigenvalue weighted by Crippen LogP contribution is -2.29. The van der Waals surface area contributed by atoms with Gasteiger partial charge in [0.05, 0.1) is 11.1 Å². The molecule has 4 aromatic rings. The van der Waals surface area contributed by atoms with Crippen molar-refractivity contribution < 1.29 is 35.5 Å². The van der Waals surface area contributed by atoms with Gasteiger partial charge < -0.3 is 4.90 Å². The molecule has 0 N–H and O–H groups in total. The number of hydrogen-bond donors (Lipinski definition) is 0. The quantitative estimate of drug-likeness (QED) is 0.332. The minimum absolute atomic E-state index is 0.0188. The molecule has 0 bridgehead atoms. The molecule has 0 saturated carbocycles. The van der Waals surface area contributed by atoms with E-state index in [0.717, 1.165) is 17.0 Å². The van der Waals surface area contributed by atoms with Gasteiger partial charge in [0.2, 0.25) is 5.82 Å². The highest BCUT2D eigenvalue weighted by Crippen LogP contribution is 2.36. The molecular formula is C23H15F7N4O. The Labute approximate surface area is 193 Å². The number of carbonyl (C=O) groups is 1. The van der Waals surface area contributed by atoms with Gasteiger partial charge in [-0.2, -0.15) is 26.3 Å². The number of imidazole rings is 1. The molecule has 0 saturated heterocycles. The molecule has 2 aromatic carbocycles. The number of alkyl halides is 6. The summed E-state index contributed by atoms with van der Waals surface area (Å²) >= 11 is 0. The van der Waals surface area contributed by atoms with Crippen LogP contribution in [0.3, 0.4) is 0 Å². The van der Waals surface area contributed by atoms with E-state index in [1.807, 2.05) is 0 Å². The Kier molecular flexibility index (Phi) is 5.99. The number of aromatic nitrogens is 3. The van der Waals surface area contributed by atoms with Crippen molar-refractivity contribution in [2.75, 3.05) is 7.05 Å². The summed E-state index contributed by atoms with van der Waals surface area (Å²) in [4.78, 5) is 22.6. The largest absolute Gasteiger partial charge is 0.416 e. The lowest BCUT2D eigenvalue weighted by atomic mass is 10.0. The van der Waals surface area contributed by atoms with Crippen molar-refractivity contribution in [3.8, 4) is 5.69 Å². The lowest BCUT2D eigenvalue weighted by molar-refractivity contribution is -0.143. The van der Waals surface area contributed by atoms with Crippen molar-refractivity contribution in [1.29, 1.82) is 0 Å². The number of amides is 1. The smallest absolute Gasteiger partial charge is 0.335 e. The van der Waals surface area contributed by atoms with Gasteiger partial charge in [-0.1, -0.05) is 0 Å². The summed E-state index contributed by atoms with van der Waals surface area (Å²) in [6.45, 7) is -0.564. The molecule has 35 heavy (non-hydrogen) atoms. The second-order valence-corrected chi connectivity index (χ2v) is 7.67. The number of pyridine rings is 1. The fraction of sp³-hybridized carbons (Fsp3) is 0.174. The third-order valence-corrected chi connectivity index (χ3v) is 5.11. The first kappa shape index (κ1) is 24.2. The minimum Gasteiger partial charge on any atom is -0.335 e. The zero-order valence-corrected chi connectivity index (χ0v) is 17.8. The molecule has 0 spiro atoms. The van der Waals surface area contributed by atoms with E-state index in [9.17, 15) is 35.5 Å². The number of halogens is 7. The molecule has 0 aliphatic heterocycles. The van der Waals surface area contributed by atoms with Crippen LogP contribution in [0.2, 0.25) is 0 Å². The first-order valence-electron chi connectivity index (χ1n) is 9.98. The van der Waals surface area contributed by atoms with Gasteiger partial charge in [0, 0.05) is 25.5 Å². The van der Waals surface area contributed by atoms with Crippen molar-refractivity contribution >= 4 is 17.1 Å². The van der Waals surface area contributed by atoms with Crippen LogP contribution in [-0.2, 0) is 18.9 Å². The van der Waals surface area contributed by atoms with E-state index in [4.69, 9.17) is 0 Å². The Balaban J connectivity index is 1.74. The molecule has 0 unspecified atom stereocenters. The molecule has 2 aromatic heterocycles. The first-order chi connectivity index (χ1) is 16.3. The SMILES string of the molecule is CN(Cc1cc(C(F)(F)F)cc(C(F)(F)F)c1)C(=O)c1nc2cccnc2n1-c1ccc(F)cc1. The standard InChI is InChI=1S/C23H15F7N4O/c1-33(12-13-9-14(22(25,26)27)11-15(10-13)23(28,29)30)21(35)20-32-18-3-2-8-31-19(18)34(20)17-6-4-16(24)5-7-17/h2-11H,12H2,1H3. The predicted molar refractivity (Wildman–Crippen MR) is 111 cm³/mol. The summed E-state index contributed by atoms with van der Waals surface area (Å²) in [7, 11) is 1.22. The van der Waals surface area contributed by atoms with Gasteiger partial charge in [-0.25, -0.2) is 14.4 Å². The molecule has 0 aliphatic carbocycles. The number of carbonyl (C=O) groups excluding carboxylic acids is 1. The van der Waals surface area contributed by atoms with Crippen LogP contribution in [0.15, 0.2) is 60.8 Å². The summed E-state index contributed by atoms with van der Waals surface area (Å²) in [6.07, 6.45) is -8.58. The molecule has 12 heteroatoms. The van der Waals surface area contributed by atoms with Crippen molar-refractivity contribution in [2.45, 2.75) is 18.9 Å². The van der Waals surface area contributed by atoms with Crippen LogP contribution in [-0.4, -0.2) is 32.4 Å². The fourth-order valence-corrected chi connectivity index (χ4v) is 3.52. The topological polar surface area (TPSA) is 51.0 Å². The Morgan fingerprint density at radius 1 is 0.943 bits per heavy atom. The first-order valence-corrected chi connectivity index (χ1v) is 9.98. The Morgan fingerprint density at radius 2 is 1.54 bits per heavy atom. The van der Waals surface area contributed by atoms with Crippen LogP contribution in [0.4, 0.5) is 30.7 Å². The summed E-state index contributed by atoms with van der Waals surface area (Å²) in [5.74, 6) is -1.52. The Morgan fingerprint density at radius 3 is 2.11 bits per heavy atom. The maximum atomic E-state index is 13.4. The summed E-state index contributed by atoms with van der Waals surface area (Å²) < 4.78 is 93.9. The second kappa shape index (κ2) is 8.67. The van der Waals surface area contributed by atoms with Crippen molar-refractivity contribution in [2.24, 2.45) is 0 Å². The van der Waals surface area contributed by atoms with Gasteiger partial charge in [0.15, 0.2) is 5.65 Å². The van der Waals surface area contributed by atoms with Crippen molar-refractivity contribution in [1.82, 2.24) is 19.4 Å². The normalized spacial score (nSPS) is 12.2. The Hall–Kier alpha value is -3.96. The second-order valence-electron chi connectivity index (χ2n) is 7.67. The van der Waals surface area contributed by atoms with E-state index < -0.39 is 41.7 Å². The molecule has 1 amide bonds. The third kappa shape index (κ3) is 4.96. The molecule has 0 aliphatic rings. The number of rotatable bonds is 4. The highest BCUT2D eigenvalue weighted by molar-refractivity contribution is 5.95. The maximum absolute atomic E-state index is 13.4. The monoisotopic (exact) mass is 496 g/mol. The van der Waals surface area contributed by atoms with Gasteiger partial charge in [-0.05, 0) is 60.2 Å². The lowest BCUT2D eigenvalue weighted by Gasteiger charge is -2.20. The van der Waals surface area contributed by atoms with Crippen LogP contribution < -0.4 is 0 Å². The van der Waals surface area contributed by atoms with E-state index in [1.165, 1.54) is 29.9 Å². The molecule has 4 rings (SSSR count). The number of hydrogen-bond acceptors (Lipinski definition) is 3. The van der Waals surface area contributed by atoms with Crippen molar-refractivity contribution in [3.05, 3.63) is 89.1 Å². The highest BCUT2D eigenvalue weighted by Gasteiger charge is 2.37. The van der Waals surface area contributed by atoms with Crippen LogP contribution in [0.25, 0.3) is 16.9 Å². The van der Waals surface area contributed by atoms with Crippen molar-refractivity contribution in [3.63, 3.8) is 0 Å². The van der Waals surface area contributed by atoms with E-state index in [2.05, 4.69) is 9.97 Å². The summed E-state index contributed by atoms with van der Waals surface area (Å²) in [6, 6.07) is 9.35. The molecule has 2 heterocycles. The third-order valence-electron chi connectivity index (χ3n) is 5.11. The number of fused-ring (bicyclic) bond motifs is 1. The average Bonchev–Trinajstić information content (AvgIpc) is 3.17. The van der Waals surface area contributed by atoms with E-state index in [1.54, 1.807) is 12.1 Å². The van der Waals surface area contributed by atoms with Gasteiger partial charge in [0.25, 0.3) is 5.91 Å². The molecule has 0 radical (unpaired) electrons. The van der Waals surface area contributed by atoms with E-state index in [0.29, 0.717) is 23.3 Å². The highest BCUT2D eigenvalue weighted by atomic mass is 19.4. The zero-order valence-electron chi connectivity index (χ0n) is 17.8. The van der Waals surface area contributed by atoms with Crippen LogP contribution in [0.5, 0.6) is 0 Å².